The van der Waals surface area contributed by atoms with Gasteiger partial charge in [-0.3, -0.25) is 0 Å². The molecule has 1 rings (SSSR count). The first kappa shape index (κ1) is 12.1. The Kier molecular flexibility index (Phi) is 4.65. The molecule has 84 valence electrons. The van der Waals surface area contributed by atoms with E-state index in [1.165, 1.54) is 0 Å². The number of aryl methyl sites for hydroxylation is 1. The van der Waals surface area contributed by atoms with E-state index in [4.69, 9.17) is 10.5 Å². The van der Waals surface area contributed by atoms with Crippen LogP contribution in [0.25, 0.3) is 0 Å². The highest BCUT2D eigenvalue weighted by Gasteiger charge is 2.06. The predicted octanol–water partition coefficient (Wildman–Crippen LogP) is 0.864. The zero-order valence-corrected chi connectivity index (χ0v) is 9.66. The van der Waals surface area contributed by atoms with Gasteiger partial charge in [0.25, 0.3) is 0 Å². The molecule has 0 aliphatic heterocycles. The average molecular weight is 209 g/mol. The monoisotopic (exact) mass is 209 g/mol. The molecule has 0 saturated heterocycles. The van der Waals surface area contributed by atoms with Crippen LogP contribution in [0.2, 0.25) is 0 Å². The summed E-state index contributed by atoms with van der Waals surface area (Å²) in [7, 11) is 1.70. The Hall–Kier alpha value is -1.00. The van der Waals surface area contributed by atoms with Gasteiger partial charge in [-0.05, 0) is 26.5 Å². The van der Waals surface area contributed by atoms with Crippen LogP contribution < -0.4 is 5.73 Å². The van der Waals surface area contributed by atoms with Gasteiger partial charge in [0.15, 0.2) is 0 Å². The van der Waals surface area contributed by atoms with Crippen LogP contribution in [0.5, 0.6) is 0 Å². The number of nitrogens with zero attached hydrogens (tertiary/aromatic N) is 2. The number of methoxy groups -OCH3 is 1. The molecule has 0 aliphatic carbocycles. The first-order valence-corrected chi connectivity index (χ1v) is 5.22. The third-order valence-corrected chi connectivity index (χ3v) is 2.23. The molecule has 0 amide bonds. The molecular formula is C11H19N3O. The standard InChI is InChI=1S/C11H19N3O/c1-8-6-10(4-5-12)14-11(13-8)7-9(2)15-3/h6,9H,4-5,7,12H2,1-3H3. The number of hydrogen-bond acceptors (Lipinski definition) is 4. The van der Waals surface area contributed by atoms with Crippen LogP contribution in [0.1, 0.15) is 24.1 Å². The summed E-state index contributed by atoms with van der Waals surface area (Å²) in [4.78, 5) is 8.81. The van der Waals surface area contributed by atoms with Crippen molar-refractivity contribution in [3.63, 3.8) is 0 Å². The van der Waals surface area contributed by atoms with Crippen molar-refractivity contribution in [1.29, 1.82) is 0 Å². The molecule has 0 saturated carbocycles. The van der Waals surface area contributed by atoms with E-state index in [9.17, 15) is 0 Å². The van der Waals surface area contributed by atoms with Gasteiger partial charge in [-0.15, -0.1) is 0 Å². The van der Waals surface area contributed by atoms with Crippen molar-refractivity contribution < 1.29 is 4.74 Å². The van der Waals surface area contributed by atoms with Gasteiger partial charge in [-0.1, -0.05) is 0 Å². The summed E-state index contributed by atoms with van der Waals surface area (Å²) in [5.41, 5.74) is 7.51. The van der Waals surface area contributed by atoms with Crippen molar-refractivity contribution in [2.45, 2.75) is 32.8 Å². The molecule has 4 nitrogen and oxygen atoms in total. The summed E-state index contributed by atoms with van der Waals surface area (Å²) in [5.74, 6) is 0.841. The van der Waals surface area contributed by atoms with Crippen molar-refractivity contribution in [2.75, 3.05) is 13.7 Å². The van der Waals surface area contributed by atoms with Crippen LogP contribution in [-0.2, 0) is 17.6 Å². The van der Waals surface area contributed by atoms with Gasteiger partial charge in [0, 0.05) is 31.3 Å². The maximum Gasteiger partial charge on any atom is 0.131 e. The molecule has 0 aliphatic rings. The van der Waals surface area contributed by atoms with Crippen molar-refractivity contribution >= 4 is 0 Å². The van der Waals surface area contributed by atoms with Crippen LogP contribution >= 0.6 is 0 Å². The fourth-order valence-corrected chi connectivity index (χ4v) is 1.41. The van der Waals surface area contributed by atoms with E-state index in [1.807, 2.05) is 19.9 Å². The number of rotatable bonds is 5. The highest BCUT2D eigenvalue weighted by Crippen LogP contribution is 2.04. The summed E-state index contributed by atoms with van der Waals surface area (Å²) in [5, 5.41) is 0. The van der Waals surface area contributed by atoms with E-state index >= 15 is 0 Å². The van der Waals surface area contributed by atoms with Crippen LogP contribution in [0.4, 0.5) is 0 Å². The van der Waals surface area contributed by atoms with Gasteiger partial charge in [-0.2, -0.15) is 0 Å². The number of ether oxygens (including phenoxy) is 1. The molecule has 0 bridgehead atoms. The minimum absolute atomic E-state index is 0.150. The largest absolute Gasteiger partial charge is 0.381 e. The summed E-state index contributed by atoms with van der Waals surface area (Å²) >= 11 is 0. The van der Waals surface area contributed by atoms with E-state index in [2.05, 4.69) is 9.97 Å². The van der Waals surface area contributed by atoms with Gasteiger partial charge < -0.3 is 10.5 Å². The fourth-order valence-electron chi connectivity index (χ4n) is 1.41. The zero-order chi connectivity index (χ0) is 11.3. The van der Waals surface area contributed by atoms with E-state index in [1.54, 1.807) is 7.11 Å². The molecule has 4 heteroatoms. The Balaban J connectivity index is 2.78. The van der Waals surface area contributed by atoms with Gasteiger partial charge in [0.05, 0.1) is 6.10 Å². The lowest BCUT2D eigenvalue weighted by molar-refractivity contribution is 0.117. The second-order valence-corrected chi connectivity index (χ2v) is 3.71. The Morgan fingerprint density at radius 1 is 1.47 bits per heavy atom. The Labute approximate surface area is 90.9 Å². The number of hydrogen-bond donors (Lipinski definition) is 1. The highest BCUT2D eigenvalue weighted by atomic mass is 16.5. The summed E-state index contributed by atoms with van der Waals surface area (Å²) < 4.78 is 5.19. The van der Waals surface area contributed by atoms with E-state index in [0.717, 1.165) is 30.1 Å². The van der Waals surface area contributed by atoms with Gasteiger partial charge >= 0.3 is 0 Å². The Morgan fingerprint density at radius 3 is 2.80 bits per heavy atom. The lowest BCUT2D eigenvalue weighted by atomic mass is 10.2. The average Bonchev–Trinajstić information content (AvgIpc) is 2.17. The fraction of sp³-hybridized carbons (Fsp3) is 0.636. The van der Waals surface area contributed by atoms with Crippen LogP contribution in [-0.4, -0.2) is 29.7 Å². The number of nitrogens with two attached hydrogens (primary N) is 1. The predicted molar refractivity (Wildman–Crippen MR) is 59.7 cm³/mol. The van der Waals surface area contributed by atoms with Crippen LogP contribution in [0.15, 0.2) is 6.07 Å². The Bertz CT molecular complexity index is 315. The normalized spacial score (nSPS) is 12.8. The minimum atomic E-state index is 0.150. The second-order valence-electron chi connectivity index (χ2n) is 3.71. The SMILES string of the molecule is COC(C)Cc1nc(C)cc(CCN)n1. The molecule has 2 N–H and O–H groups in total. The molecule has 0 aromatic carbocycles. The third kappa shape index (κ3) is 3.93. The third-order valence-electron chi connectivity index (χ3n) is 2.23. The van der Waals surface area contributed by atoms with Gasteiger partial charge in [-0.25, -0.2) is 9.97 Å². The molecule has 15 heavy (non-hydrogen) atoms. The second kappa shape index (κ2) is 5.78. The molecule has 1 aromatic rings. The molecular weight excluding hydrogens is 190 g/mol. The van der Waals surface area contributed by atoms with Gasteiger partial charge in [0.2, 0.25) is 0 Å². The molecule has 1 atom stereocenters. The van der Waals surface area contributed by atoms with Crippen LogP contribution in [0.3, 0.4) is 0 Å². The van der Waals surface area contributed by atoms with Crippen molar-refractivity contribution in [3.05, 3.63) is 23.3 Å². The highest BCUT2D eigenvalue weighted by molar-refractivity contribution is 5.10. The maximum atomic E-state index is 5.50. The summed E-state index contributed by atoms with van der Waals surface area (Å²) in [6.07, 6.45) is 1.70. The van der Waals surface area contributed by atoms with Crippen LogP contribution in [0, 0.1) is 6.92 Å². The van der Waals surface area contributed by atoms with E-state index < -0.39 is 0 Å². The topological polar surface area (TPSA) is 61.0 Å². The first-order chi connectivity index (χ1) is 7.15. The van der Waals surface area contributed by atoms with Crippen molar-refractivity contribution in [1.82, 2.24) is 9.97 Å². The molecule has 1 heterocycles. The maximum absolute atomic E-state index is 5.50. The molecule has 0 fully saturated rings. The van der Waals surface area contributed by atoms with Crippen molar-refractivity contribution in [3.8, 4) is 0 Å². The van der Waals surface area contributed by atoms with Gasteiger partial charge in [0.1, 0.15) is 5.82 Å². The summed E-state index contributed by atoms with van der Waals surface area (Å²) in [6, 6.07) is 1.98. The lowest BCUT2D eigenvalue weighted by Gasteiger charge is -2.09. The minimum Gasteiger partial charge on any atom is -0.381 e. The molecule has 0 radical (unpaired) electrons. The molecule has 1 unspecified atom stereocenters. The Morgan fingerprint density at radius 2 is 2.20 bits per heavy atom. The van der Waals surface area contributed by atoms with Crippen molar-refractivity contribution in [2.24, 2.45) is 5.73 Å². The number of aromatic nitrogens is 2. The van der Waals surface area contributed by atoms with E-state index in [-0.39, 0.29) is 6.10 Å². The smallest absolute Gasteiger partial charge is 0.131 e. The molecule has 1 aromatic heterocycles. The first-order valence-electron chi connectivity index (χ1n) is 5.22. The summed E-state index contributed by atoms with van der Waals surface area (Å²) in [6.45, 7) is 4.60. The quantitative estimate of drug-likeness (QED) is 0.781. The lowest BCUT2D eigenvalue weighted by Crippen LogP contribution is -2.14. The molecule has 0 spiro atoms. The zero-order valence-electron chi connectivity index (χ0n) is 9.66. The van der Waals surface area contributed by atoms with E-state index in [0.29, 0.717) is 6.54 Å².